The van der Waals surface area contributed by atoms with E-state index in [4.69, 9.17) is 9.47 Å². The Morgan fingerprint density at radius 1 is 1.16 bits per heavy atom. The number of amides is 1. The Kier molecular flexibility index (Phi) is 5.22. The van der Waals surface area contributed by atoms with E-state index in [0.29, 0.717) is 18.7 Å². The number of ether oxygens (including phenoxy) is 2. The average molecular weight is 343 g/mol. The van der Waals surface area contributed by atoms with Gasteiger partial charge in [-0.15, -0.1) is 0 Å². The van der Waals surface area contributed by atoms with Crippen molar-refractivity contribution >= 4 is 5.91 Å². The number of hydrogen-bond donors (Lipinski definition) is 1. The van der Waals surface area contributed by atoms with Gasteiger partial charge in [0.25, 0.3) is 0 Å². The molecule has 0 heterocycles. The molecule has 0 radical (unpaired) electrons. The standard InChI is InChI=1S/C20H22FNO3/c1-24-18-9-14-5-6-15(17(14)11-19(18)25-2)10-20(23)22-12-13-3-7-16(21)8-4-13/h3-4,7-9,11,15H,5-6,10,12H2,1-2H3,(H,22,23). The number of aryl methyl sites for hydroxylation is 1. The van der Waals surface area contributed by atoms with E-state index < -0.39 is 0 Å². The molecule has 25 heavy (non-hydrogen) atoms. The molecule has 0 spiro atoms. The average Bonchev–Trinajstić information content (AvgIpc) is 3.01. The van der Waals surface area contributed by atoms with Crippen LogP contribution in [0.1, 0.15) is 35.4 Å². The molecule has 0 bridgehead atoms. The zero-order valence-electron chi connectivity index (χ0n) is 14.5. The van der Waals surface area contributed by atoms with E-state index in [1.807, 2.05) is 12.1 Å². The molecule has 4 nitrogen and oxygen atoms in total. The molecule has 5 heteroatoms. The van der Waals surface area contributed by atoms with Crippen LogP contribution in [0.25, 0.3) is 0 Å². The first kappa shape index (κ1) is 17.3. The smallest absolute Gasteiger partial charge is 0.220 e. The molecule has 3 rings (SSSR count). The maximum absolute atomic E-state index is 12.9. The summed E-state index contributed by atoms with van der Waals surface area (Å²) in [6, 6.07) is 10.1. The monoisotopic (exact) mass is 343 g/mol. The molecule has 0 aliphatic heterocycles. The van der Waals surface area contributed by atoms with E-state index in [0.717, 1.165) is 29.7 Å². The van der Waals surface area contributed by atoms with Gasteiger partial charge in [0.1, 0.15) is 5.82 Å². The molecule has 0 saturated heterocycles. The lowest BCUT2D eigenvalue weighted by molar-refractivity contribution is -0.121. The number of hydrogen-bond acceptors (Lipinski definition) is 3. The minimum Gasteiger partial charge on any atom is -0.493 e. The first-order chi connectivity index (χ1) is 12.1. The Labute approximate surface area is 147 Å². The van der Waals surface area contributed by atoms with Gasteiger partial charge in [-0.25, -0.2) is 4.39 Å². The predicted molar refractivity (Wildman–Crippen MR) is 93.5 cm³/mol. The van der Waals surface area contributed by atoms with Gasteiger partial charge in [-0.2, -0.15) is 0 Å². The Morgan fingerprint density at radius 2 is 1.84 bits per heavy atom. The van der Waals surface area contributed by atoms with Crippen molar-refractivity contribution < 1.29 is 18.7 Å². The van der Waals surface area contributed by atoms with Crippen molar-refractivity contribution in [1.82, 2.24) is 5.32 Å². The summed E-state index contributed by atoms with van der Waals surface area (Å²) < 4.78 is 23.6. The molecule has 0 saturated carbocycles. The first-order valence-corrected chi connectivity index (χ1v) is 8.36. The van der Waals surface area contributed by atoms with Crippen molar-refractivity contribution in [3.63, 3.8) is 0 Å². The number of methoxy groups -OCH3 is 2. The Morgan fingerprint density at radius 3 is 2.52 bits per heavy atom. The van der Waals surface area contributed by atoms with E-state index in [-0.39, 0.29) is 17.6 Å². The highest BCUT2D eigenvalue weighted by molar-refractivity contribution is 5.77. The molecule has 0 aromatic heterocycles. The summed E-state index contributed by atoms with van der Waals surface area (Å²) in [5, 5.41) is 2.91. The molecule has 1 aliphatic rings. The second kappa shape index (κ2) is 7.55. The van der Waals surface area contributed by atoms with Crippen molar-refractivity contribution in [2.45, 2.75) is 31.7 Å². The molecular weight excluding hydrogens is 321 g/mol. The number of carbonyl (C=O) groups is 1. The van der Waals surface area contributed by atoms with Crippen LogP contribution in [0.15, 0.2) is 36.4 Å². The molecule has 1 aliphatic carbocycles. The number of halogens is 1. The fourth-order valence-corrected chi connectivity index (χ4v) is 3.33. The summed E-state index contributed by atoms with van der Waals surface area (Å²) in [5.41, 5.74) is 3.26. The summed E-state index contributed by atoms with van der Waals surface area (Å²) in [6.07, 6.45) is 2.31. The molecule has 2 aromatic rings. The molecular formula is C20H22FNO3. The van der Waals surface area contributed by atoms with Gasteiger partial charge in [-0.05, 0) is 59.7 Å². The number of benzene rings is 2. The minimum absolute atomic E-state index is 0.00281. The molecule has 0 fully saturated rings. The van der Waals surface area contributed by atoms with Crippen LogP contribution in [0.4, 0.5) is 4.39 Å². The fourth-order valence-electron chi connectivity index (χ4n) is 3.33. The zero-order valence-corrected chi connectivity index (χ0v) is 14.5. The van der Waals surface area contributed by atoms with Gasteiger partial charge in [0.2, 0.25) is 5.91 Å². The number of carbonyl (C=O) groups excluding carboxylic acids is 1. The lowest BCUT2D eigenvalue weighted by Gasteiger charge is -2.15. The van der Waals surface area contributed by atoms with Crippen molar-refractivity contribution in [2.75, 3.05) is 14.2 Å². The van der Waals surface area contributed by atoms with Gasteiger partial charge in [-0.3, -0.25) is 4.79 Å². The van der Waals surface area contributed by atoms with Crippen LogP contribution in [0.5, 0.6) is 11.5 Å². The summed E-state index contributed by atoms with van der Waals surface area (Å²) in [6.45, 7) is 0.407. The van der Waals surface area contributed by atoms with Gasteiger partial charge in [-0.1, -0.05) is 12.1 Å². The Balaban J connectivity index is 1.63. The van der Waals surface area contributed by atoms with E-state index >= 15 is 0 Å². The summed E-state index contributed by atoms with van der Waals surface area (Å²) >= 11 is 0. The SMILES string of the molecule is COc1cc2c(cc1OC)C(CC(=O)NCc1ccc(F)cc1)CC2. The normalized spacial score (nSPS) is 15.6. The van der Waals surface area contributed by atoms with Crippen molar-refractivity contribution in [3.05, 3.63) is 58.9 Å². The number of nitrogens with one attached hydrogen (secondary N) is 1. The first-order valence-electron chi connectivity index (χ1n) is 8.36. The zero-order chi connectivity index (χ0) is 17.8. The van der Waals surface area contributed by atoms with Gasteiger partial charge in [0, 0.05) is 13.0 Å². The maximum atomic E-state index is 12.9. The van der Waals surface area contributed by atoms with Crippen LogP contribution >= 0.6 is 0 Å². The molecule has 132 valence electrons. The number of fused-ring (bicyclic) bond motifs is 1. The maximum Gasteiger partial charge on any atom is 0.220 e. The summed E-state index contributed by atoms with van der Waals surface area (Å²) in [7, 11) is 3.24. The van der Waals surface area contributed by atoms with E-state index in [1.54, 1.807) is 26.4 Å². The van der Waals surface area contributed by atoms with E-state index in [9.17, 15) is 9.18 Å². The van der Waals surface area contributed by atoms with Crippen molar-refractivity contribution in [3.8, 4) is 11.5 Å². The molecule has 2 aromatic carbocycles. The Hall–Kier alpha value is -2.56. The van der Waals surface area contributed by atoms with Crippen LogP contribution < -0.4 is 14.8 Å². The van der Waals surface area contributed by atoms with Gasteiger partial charge in [0.15, 0.2) is 11.5 Å². The minimum atomic E-state index is -0.276. The molecule has 1 unspecified atom stereocenters. The topological polar surface area (TPSA) is 47.6 Å². The van der Waals surface area contributed by atoms with Gasteiger partial charge in [0.05, 0.1) is 14.2 Å². The van der Waals surface area contributed by atoms with Crippen LogP contribution in [-0.4, -0.2) is 20.1 Å². The third-order valence-electron chi connectivity index (χ3n) is 4.68. The molecule has 1 atom stereocenters. The molecule has 1 amide bonds. The van der Waals surface area contributed by atoms with Crippen molar-refractivity contribution in [2.24, 2.45) is 0 Å². The highest BCUT2D eigenvalue weighted by Crippen LogP contribution is 2.41. The quantitative estimate of drug-likeness (QED) is 0.872. The van der Waals surface area contributed by atoms with Gasteiger partial charge < -0.3 is 14.8 Å². The highest BCUT2D eigenvalue weighted by Gasteiger charge is 2.26. The molecule has 1 N–H and O–H groups in total. The Bertz CT molecular complexity index is 758. The lowest BCUT2D eigenvalue weighted by atomic mass is 9.97. The number of rotatable bonds is 6. The second-order valence-corrected chi connectivity index (χ2v) is 6.25. The third kappa shape index (κ3) is 3.92. The van der Waals surface area contributed by atoms with E-state index in [2.05, 4.69) is 5.32 Å². The highest BCUT2D eigenvalue weighted by atomic mass is 19.1. The third-order valence-corrected chi connectivity index (χ3v) is 4.68. The summed E-state index contributed by atoms with van der Waals surface area (Å²) in [5.74, 6) is 1.32. The largest absolute Gasteiger partial charge is 0.493 e. The predicted octanol–water partition coefficient (Wildman–Crippen LogP) is 3.58. The second-order valence-electron chi connectivity index (χ2n) is 6.25. The lowest BCUT2D eigenvalue weighted by Crippen LogP contribution is -2.24. The fraction of sp³-hybridized carbons (Fsp3) is 0.350. The van der Waals surface area contributed by atoms with Crippen LogP contribution in [0.2, 0.25) is 0 Å². The van der Waals surface area contributed by atoms with Crippen molar-refractivity contribution in [1.29, 1.82) is 0 Å². The van der Waals surface area contributed by atoms with E-state index in [1.165, 1.54) is 17.7 Å². The van der Waals surface area contributed by atoms with Crippen LogP contribution in [0.3, 0.4) is 0 Å². The van der Waals surface area contributed by atoms with Crippen LogP contribution in [-0.2, 0) is 17.8 Å². The van der Waals surface area contributed by atoms with Gasteiger partial charge >= 0.3 is 0 Å². The van der Waals surface area contributed by atoms with Crippen LogP contribution in [0, 0.1) is 5.82 Å². The summed E-state index contributed by atoms with van der Waals surface area (Å²) in [4.78, 5) is 12.3.